The van der Waals surface area contributed by atoms with Crippen molar-refractivity contribution in [3.8, 4) is 0 Å². The van der Waals surface area contributed by atoms with Gasteiger partial charge in [-0.3, -0.25) is 4.90 Å². The van der Waals surface area contributed by atoms with Crippen molar-refractivity contribution >= 4 is 0 Å². The Bertz CT molecular complexity index is 693. The molecule has 4 aliphatic rings. The minimum absolute atomic E-state index is 0.301. The molecule has 0 spiro atoms. The summed E-state index contributed by atoms with van der Waals surface area (Å²) in [6.07, 6.45) is 12.5. The second-order valence-electron chi connectivity index (χ2n) is 11.2. The molecule has 2 N–H and O–H groups in total. The van der Waals surface area contributed by atoms with E-state index in [9.17, 15) is 19.0 Å². The molecule has 4 rings (SSSR count). The maximum atomic E-state index is 12.3. The van der Waals surface area contributed by atoms with E-state index < -0.39 is 18.8 Å². The summed E-state index contributed by atoms with van der Waals surface area (Å²) in [5.74, 6) is 1.96. The van der Waals surface area contributed by atoms with Crippen molar-refractivity contribution in [3.63, 3.8) is 0 Å². The van der Waals surface area contributed by atoms with Crippen molar-refractivity contribution in [1.29, 1.82) is 0 Å². The Balaban J connectivity index is 1.33. The van der Waals surface area contributed by atoms with Crippen LogP contribution in [-0.2, 0) is 4.74 Å². The Labute approximate surface area is 191 Å². The average Bonchev–Trinajstić information content (AvgIpc) is 3.04. The van der Waals surface area contributed by atoms with Gasteiger partial charge in [-0.1, -0.05) is 37.1 Å². The molecule has 4 nitrogen and oxygen atoms in total. The molecule has 1 heterocycles. The maximum Gasteiger partial charge on any atom is 0.345 e. The lowest BCUT2D eigenvalue weighted by atomic mass is 9.61. The number of rotatable bonds is 7. The highest BCUT2D eigenvalue weighted by atomic mass is 19.3. The van der Waals surface area contributed by atoms with E-state index >= 15 is 0 Å². The largest absolute Gasteiger partial charge is 0.393 e. The lowest BCUT2D eigenvalue weighted by Gasteiger charge is -2.45. The van der Waals surface area contributed by atoms with Crippen molar-refractivity contribution < 1.29 is 23.7 Å². The second kappa shape index (κ2) is 10.2. The van der Waals surface area contributed by atoms with E-state index in [-0.39, 0.29) is 6.10 Å². The quantitative estimate of drug-likeness (QED) is 0.575. The normalized spacial score (nSPS) is 38.7. The molecule has 1 saturated heterocycles. The van der Waals surface area contributed by atoms with Gasteiger partial charge in [-0.15, -0.1) is 0 Å². The smallest absolute Gasteiger partial charge is 0.345 e. The monoisotopic (exact) mass is 453 g/mol. The molecule has 0 aromatic carbocycles. The molecule has 32 heavy (non-hydrogen) atoms. The number of allylic oxidation sites excluding steroid dienone is 3. The number of aliphatic hydroxyl groups is 2. The number of likely N-dealkylation sites (tertiary alicyclic amines) is 1. The van der Waals surface area contributed by atoms with Gasteiger partial charge in [-0.2, -0.15) is 8.78 Å². The molecule has 1 aliphatic heterocycles. The van der Waals surface area contributed by atoms with Gasteiger partial charge in [0, 0.05) is 13.1 Å². The van der Waals surface area contributed by atoms with Crippen LogP contribution in [0.15, 0.2) is 23.3 Å². The van der Waals surface area contributed by atoms with Gasteiger partial charge in [0.05, 0.1) is 18.3 Å². The fourth-order valence-corrected chi connectivity index (χ4v) is 7.27. The summed E-state index contributed by atoms with van der Waals surface area (Å²) < 4.78 is 29.2. The third-order valence-corrected chi connectivity index (χ3v) is 8.92. The van der Waals surface area contributed by atoms with Crippen molar-refractivity contribution in [3.05, 3.63) is 23.3 Å². The molecule has 3 aliphatic carbocycles. The molecular weight excluding hydrogens is 412 g/mol. The molecule has 182 valence electrons. The first kappa shape index (κ1) is 24.3. The van der Waals surface area contributed by atoms with Crippen LogP contribution < -0.4 is 0 Å². The first-order valence-electron chi connectivity index (χ1n) is 12.6. The lowest BCUT2D eigenvalue weighted by Crippen LogP contribution is -2.53. The van der Waals surface area contributed by atoms with Crippen LogP contribution in [-0.4, -0.2) is 59.7 Å². The summed E-state index contributed by atoms with van der Waals surface area (Å²) in [7, 11) is 0. The summed E-state index contributed by atoms with van der Waals surface area (Å²) in [6.45, 7) is 4.46. The molecule has 0 amide bonds. The minimum Gasteiger partial charge on any atom is -0.393 e. The number of alkyl halides is 2. The molecule has 0 aromatic rings. The zero-order chi connectivity index (χ0) is 22.9. The summed E-state index contributed by atoms with van der Waals surface area (Å²) in [5, 5.41) is 19.9. The highest BCUT2D eigenvalue weighted by Crippen LogP contribution is 2.59. The third-order valence-electron chi connectivity index (χ3n) is 8.92. The van der Waals surface area contributed by atoms with Crippen LogP contribution in [0.1, 0.15) is 71.6 Å². The average molecular weight is 454 g/mol. The van der Waals surface area contributed by atoms with Gasteiger partial charge < -0.3 is 14.9 Å². The van der Waals surface area contributed by atoms with Crippen LogP contribution >= 0.6 is 0 Å². The zero-order valence-corrected chi connectivity index (χ0v) is 19.7. The predicted octanol–water partition coefficient (Wildman–Crippen LogP) is 4.91. The standard InChI is InChI=1S/C26H41F2NO3/c1-17(9-11-29-15-22(16-29)32-25(27)28)23-7-8-24-19(4-3-10-26(23,24)2)6-5-18-12-20(30)14-21(31)13-18/h5-6,17,20-25,30-31H,3-4,7-16H2,1-2H3/b19-6+/t17-,20-,21-,23-,24+,26-/m1/s1. The van der Waals surface area contributed by atoms with Crippen LogP contribution in [0.3, 0.4) is 0 Å². The Kier molecular flexibility index (Phi) is 7.75. The number of nitrogens with zero attached hydrogens (tertiary/aromatic N) is 1. The fourth-order valence-electron chi connectivity index (χ4n) is 7.27. The van der Waals surface area contributed by atoms with Gasteiger partial charge in [0.25, 0.3) is 0 Å². The first-order chi connectivity index (χ1) is 15.2. The van der Waals surface area contributed by atoms with E-state index in [0.29, 0.717) is 55.5 Å². The highest BCUT2D eigenvalue weighted by Gasteiger charge is 2.50. The summed E-state index contributed by atoms with van der Waals surface area (Å²) in [5.41, 5.74) is 3.07. The molecule has 0 unspecified atom stereocenters. The van der Waals surface area contributed by atoms with E-state index in [1.54, 1.807) is 5.57 Å². The van der Waals surface area contributed by atoms with Gasteiger partial charge in [-0.25, -0.2) is 0 Å². The summed E-state index contributed by atoms with van der Waals surface area (Å²) in [6, 6.07) is 0. The fraction of sp³-hybridized carbons (Fsp3) is 0.846. The molecule has 0 bridgehead atoms. The van der Waals surface area contributed by atoms with Crippen molar-refractivity contribution in [2.45, 2.75) is 96.6 Å². The second-order valence-corrected chi connectivity index (χ2v) is 11.2. The first-order valence-corrected chi connectivity index (χ1v) is 12.6. The van der Waals surface area contributed by atoms with Gasteiger partial charge in [0.15, 0.2) is 0 Å². The molecular formula is C26H41F2NO3. The SMILES string of the molecule is C[C@H](CCN1CC(OC(F)F)C1)[C@H]1CC[C@H]2/C(=C/C=C3C[C@@H](O)C[C@H](O)C3)CCC[C@]12C. The third kappa shape index (κ3) is 5.45. The van der Waals surface area contributed by atoms with Crippen LogP contribution in [0.2, 0.25) is 0 Å². The number of hydrogen-bond donors (Lipinski definition) is 2. The Morgan fingerprint density at radius 2 is 1.88 bits per heavy atom. The number of hydrogen-bond acceptors (Lipinski definition) is 4. The van der Waals surface area contributed by atoms with Gasteiger partial charge in [0.2, 0.25) is 0 Å². The van der Waals surface area contributed by atoms with E-state index in [4.69, 9.17) is 0 Å². The predicted molar refractivity (Wildman–Crippen MR) is 121 cm³/mol. The summed E-state index contributed by atoms with van der Waals surface area (Å²) >= 11 is 0. The van der Waals surface area contributed by atoms with Gasteiger partial charge in [-0.05, 0) is 87.5 Å². The van der Waals surface area contributed by atoms with Crippen molar-refractivity contribution in [2.24, 2.45) is 23.2 Å². The number of halogens is 2. The Hall–Kier alpha value is -0.820. The highest BCUT2D eigenvalue weighted by molar-refractivity contribution is 5.26. The van der Waals surface area contributed by atoms with Crippen LogP contribution in [0.4, 0.5) is 8.78 Å². The van der Waals surface area contributed by atoms with E-state index in [2.05, 4.69) is 35.6 Å². The van der Waals surface area contributed by atoms with E-state index in [1.807, 2.05) is 0 Å². The topological polar surface area (TPSA) is 52.9 Å². The molecule has 6 heteroatoms. The molecule has 0 aromatic heterocycles. The Morgan fingerprint density at radius 3 is 2.56 bits per heavy atom. The van der Waals surface area contributed by atoms with Crippen molar-refractivity contribution in [2.75, 3.05) is 19.6 Å². The van der Waals surface area contributed by atoms with E-state index in [1.165, 1.54) is 31.3 Å². The van der Waals surface area contributed by atoms with E-state index in [0.717, 1.165) is 19.4 Å². The number of fused-ring (bicyclic) bond motifs is 1. The van der Waals surface area contributed by atoms with Crippen molar-refractivity contribution in [1.82, 2.24) is 4.90 Å². The lowest BCUT2D eigenvalue weighted by molar-refractivity contribution is -0.196. The number of ether oxygens (including phenoxy) is 1. The molecule has 0 radical (unpaired) electrons. The minimum atomic E-state index is -2.66. The molecule has 3 saturated carbocycles. The van der Waals surface area contributed by atoms with Gasteiger partial charge >= 0.3 is 6.61 Å². The zero-order valence-electron chi connectivity index (χ0n) is 19.7. The molecule has 4 fully saturated rings. The molecule has 6 atom stereocenters. The Morgan fingerprint density at radius 1 is 1.16 bits per heavy atom. The maximum absolute atomic E-state index is 12.3. The van der Waals surface area contributed by atoms with Crippen LogP contribution in [0, 0.1) is 23.2 Å². The van der Waals surface area contributed by atoms with Crippen LogP contribution in [0.5, 0.6) is 0 Å². The summed E-state index contributed by atoms with van der Waals surface area (Å²) in [4.78, 5) is 2.24. The number of aliphatic hydroxyl groups excluding tert-OH is 2. The van der Waals surface area contributed by atoms with Crippen LogP contribution in [0.25, 0.3) is 0 Å². The van der Waals surface area contributed by atoms with Gasteiger partial charge in [0.1, 0.15) is 0 Å².